The summed E-state index contributed by atoms with van der Waals surface area (Å²) in [6, 6.07) is 5.01. The van der Waals surface area contributed by atoms with E-state index in [9.17, 15) is 10.1 Å². The van der Waals surface area contributed by atoms with Crippen molar-refractivity contribution in [3.8, 4) is 5.75 Å². The molecule has 1 rings (SSSR count). The van der Waals surface area contributed by atoms with Gasteiger partial charge in [-0.2, -0.15) is 0 Å². The third-order valence-corrected chi connectivity index (χ3v) is 2.87. The molecule has 5 nitrogen and oxygen atoms in total. The van der Waals surface area contributed by atoms with E-state index in [4.69, 9.17) is 4.74 Å². The maximum atomic E-state index is 10.9. The molecular formula is C14H22N2O3. The lowest BCUT2D eigenvalue weighted by Crippen LogP contribution is -2.21. The minimum absolute atomic E-state index is 0.0163. The summed E-state index contributed by atoms with van der Waals surface area (Å²) in [5.41, 5.74) is 0.752. The third kappa shape index (κ3) is 4.77. The van der Waals surface area contributed by atoms with Crippen molar-refractivity contribution in [1.29, 1.82) is 0 Å². The van der Waals surface area contributed by atoms with Gasteiger partial charge in [-0.25, -0.2) is 0 Å². The maximum absolute atomic E-state index is 10.9. The summed E-state index contributed by atoms with van der Waals surface area (Å²) in [6.07, 6.45) is -0.0163. The number of benzene rings is 1. The second-order valence-corrected chi connectivity index (χ2v) is 5.32. The van der Waals surface area contributed by atoms with Gasteiger partial charge >= 0.3 is 0 Å². The van der Waals surface area contributed by atoms with Crippen LogP contribution in [-0.2, 0) is 0 Å². The molecular weight excluding hydrogens is 244 g/mol. The summed E-state index contributed by atoms with van der Waals surface area (Å²) in [6.45, 7) is 10.0. The smallest absolute Gasteiger partial charge is 0.275 e. The van der Waals surface area contributed by atoms with E-state index in [0.29, 0.717) is 17.4 Å². The molecule has 0 radical (unpaired) electrons. The van der Waals surface area contributed by atoms with Crippen molar-refractivity contribution in [1.82, 2.24) is 0 Å². The average Bonchev–Trinajstić information content (AvgIpc) is 2.27. The number of rotatable bonds is 6. The van der Waals surface area contributed by atoms with Gasteiger partial charge < -0.3 is 10.1 Å². The number of ether oxygens (including phenoxy) is 1. The number of non-ortho nitro benzene ring substituents is 1. The van der Waals surface area contributed by atoms with E-state index >= 15 is 0 Å². The van der Waals surface area contributed by atoms with E-state index in [-0.39, 0.29) is 17.8 Å². The molecule has 1 aromatic rings. The minimum atomic E-state index is -0.404. The topological polar surface area (TPSA) is 64.4 Å². The van der Waals surface area contributed by atoms with Crippen molar-refractivity contribution in [3.63, 3.8) is 0 Å². The molecule has 0 aliphatic carbocycles. The molecule has 1 unspecified atom stereocenters. The van der Waals surface area contributed by atoms with Crippen LogP contribution in [0, 0.1) is 16.0 Å². The summed E-state index contributed by atoms with van der Waals surface area (Å²) >= 11 is 0. The summed E-state index contributed by atoms with van der Waals surface area (Å²) in [4.78, 5) is 10.5. The molecule has 0 aliphatic rings. The lowest BCUT2D eigenvalue weighted by Gasteiger charge is -2.19. The number of nitro benzene ring substituents is 1. The Morgan fingerprint density at radius 2 is 1.79 bits per heavy atom. The Balaban J connectivity index is 3.02. The quantitative estimate of drug-likeness (QED) is 0.627. The van der Waals surface area contributed by atoms with Gasteiger partial charge in [-0.1, -0.05) is 13.8 Å². The molecule has 19 heavy (non-hydrogen) atoms. The Kier molecular flexibility index (Phi) is 5.15. The van der Waals surface area contributed by atoms with Crippen molar-refractivity contribution in [2.75, 3.05) is 5.32 Å². The Morgan fingerprint density at radius 1 is 1.16 bits per heavy atom. The van der Waals surface area contributed by atoms with Crippen LogP contribution in [0.2, 0.25) is 0 Å². The predicted molar refractivity (Wildman–Crippen MR) is 76.8 cm³/mol. The van der Waals surface area contributed by atoms with Gasteiger partial charge in [-0.05, 0) is 26.7 Å². The second kappa shape index (κ2) is 6.41. The zero-order valence-electron chi connectivity index (χ0n) is 12.1. The Morgan fingerprint density at radius 3 is 2.26 bits per heavy atom. The van der Waals surface area contributed by atoms with E-state index in [0.717, 1.165) is 0 Å². The van der Waals surface area contributed by atoms with Gasteiger partial charge in [0, 0.05) is 23.9 Å². The summed E-state index contributed by atoms with van der Waals surface area (Å²) in [7, 11) is 0. The van der Waals surface area contributed by atoms with E-state index in [1.807, 2.05) is 20.8 Å². The van der Waals surface area contributed by atoms with Crippen molar-refractivity contribution >= 4 is 11.4 Å². The minimum Gasteiger partial charge on any atom is -0.491 e. The molecule has 0 saturated heterocycles. The standard InChI is InChI=1S/C14H22N2O3/c1-9(2)11(5)15-12-6-13(16(17)18)8-14(7-12)19-10(3)4/h6-11,15H,1-5H3. The van der Waals surface area contributed by atoms with Crippen LogP contribution < -0.4 is 10.1 Å². The normalized spacial score (nSPS) is 12.6. The van der Waals surface area contributed by atoms with Crippen molar-refractivity contribution in [2.45, 2.75) is 46.8 Å². The van der Waals surface area contributed by atoms with Crippen molar-refractivity contribution in [3.05, 3.63) is 28.3 Å². The highest BCUT2D eigenvalue weighted by Crippen LogP contribution is 2.27. The van der Waals surface area contributed by atoms with Crippen LogP contribution in [0.4, 0.5) is 11.4 Å². The summed E-state index contributed by atoms with van der Waals surface area (Å²) in [5.74, 6) is 0.955. The zero-order chi connectivity index (χ0) is 14.6. The number of nitrogens with zero attached hydrogens (tertiary/aromatic N) is 1. The van der Waals surface area contributed by atoms with Gasteiger partial charge in [0.05, 0.1) is 17.1 Å². The Hall–Kier alpha value is -1.78. The average molecular weight is 266 g/mol. The molecule has 0 aliphatic heterocycles. The van der Waals surface area contributed by atoms with Crippen LogP contribution in [0.25, 0.3) is 0 Å². The van der Waals surface area contributed by atoms with Crippen molar-refractivity contribution in [2.24, 2.45) is 5.92 Å². The molecule has 5 heteroatoms. The van der Waals surface area contributed by atoms with Gasteiger partial charge in [0.15, 0.2) is 0 Å². The highest BCUT2D eigenvalue weighted by atomic mass is 16.6. The molecule has 1 atom stereocenters. The van der Waals surface area contributed by atoms with Crippen LogP contribution in [0.3, 0.4) is 0 Å². The van der Waals surface area contributed by atoms with E-state index in [1.165, 1.54) is 12.1 Å². The number of nitro groups is 1. The highest BCUT2D eigenvalue weighted by molar-refractivity contribution is 5.56. The van der Waals surface area contributed by atoms with Gasteiger partial charge in [0.25, 0.3) is 5.69 Å². The molecule has 106 valence electrons. The Labute approximate surface area is 114 Å². The molecule has 0 saturated carbocycles. The molecule has 0 amide bonds. The van der Waals surface area contributed by atoms with Crippen LogP contribution >= 0.6 is 0 Å². The van der Waals surface area contributed by atoms with Crippen LogP contribution in [0.1, 0.15) is 34.6 Å². The van der Waals surface area contributed by atoms with E-state index in [2.05, 4.69) is 19.2 Å². The van der Waals surface area contributed by atoms with Gasteiger partial charge in [0.1, 0.15) is 5.75 Å². The molecule has 0 aromatic heterocycles. The first kappa shape index (κ1) is 15.3. The zero-order valence-corrected chi connectivity index (χ0v) is 12.1. The SMILES string of the molecule is CC(C)Oc1cc(NC(C)C(C)C)cc([N+](=O)[O-])c1. The number of nitrogens with one attached hydrogen (secondary N) is 1. The Bertz CT molecular complexity index is 444. The van der Waals surface area contributed by atoms with Gasteiger partial charge in [-0.15, -0.1) is 0 Å². The summed E-state index contributed by atoms with van der Waals surface area (Å²) in [5, 5.41) is 14.2. The molecule has 1 aromatic carbocycles. The highest BCUT2D eigenvalue weighted by Gasteiger charge is 2.14. The largest absolute Gasteiger partial charge is 0.491 e. The van der Waals surface area contributed by atoms with Crippen molar-refractivity contribution < 1.29 is 9.66 Å². The van der Waals surface area contributed by atoms with Crippen LogP contribution in [0.5, 0.6) is 5.75 Å². The first-order valence-electron chi connectivity index (χ1n) is 6.52. The van der Waals surface area contributed by atoms with Crippen LogP contribution in [-0.4, -0.2) is 17.1 Å². The summed E-state index contributed by atoms with van der Waals surface area (Å²) < 4.78 is 5.54. The maximum Gasteiger partial charge on any atom is 0.275 e. The number of anilines is 1. The lowest BCUT2D eigenvalue weighted by molar-refractivity contribution is -0.384. The van der Waals surface area contributed by atoms with E-state index in [1.54, 1.807) is 6.07 Å². The lowest BCUT2D eigenvalue weighted by atomic mass is 10.1. The third-order valence-electron chi connectivity index (χ3n) is 2.87. The first-order chi connectivity index (χ1) is 8.79. The fraction of sp³-hybridized carbons (Fsp3) is 0.571. The molecule has 1 N–H and O–H groups in total. The fourth-order valence-corrected chi connectivity index (χ4v) is 1.54. The molecule has 0 spiro atoms. The molecule has 0 bridgehead atoms. The number of hydrogen-bond donors (Lipinski definition) is 1. The number of hydrogen-bond acceptors (Lipinski definition) is 4. The van der Waals surface area contributed by atoms with Gasteiger partial charge in [0.2, 0.25) is 0 Å². The van der Waals surface area contributed by atoms with Crippen LogP contribution in [0.15, 0.2) is 18.2 Å². The second-order valence-electron chi connectivity index (χ2n) is 5.32. The predicted octanol–water partition coefficient (Wildman–Crippen LogP) is 3.84. The molecule has 0 heterocycles. The fourth-order valence-electron chi connectivity index (χ4n) is 1.54. The van der Waals surface area contributed by atoms with Gasteiger partial charge in [-0.3, -0.25) is 10.1 Å². The van der Waals surface area contributed by atoms with E-state index < -0.39 is 4.92 Å². The molecule has 0 fully saturated rings. The monoisotopic (exact) mass is 266 g/mol. The first-order valence-corrected chi connectivity index (χ1v) is 6.52.